The van der Waals surface area contributed by atoms with Gasteiger partial charge in [0.15, 0.2) is 5.65 Å². The summed E-state index contributed by atoms with van der Waals surface area (Å²) < 4.78 is 5.34. The molecule has 1 aromatic carbocycles. The van der Waals surface area contributed by atoms with Crippen LogP contribution in [0.3, 0.4) is 0 Å². The van der Waals surface area contributed by atoms with Crippen LogP contribution in [0.15, 0.2) is 30.5 Å². The molecule has 21 heavy (non-hydrogen) atoms. The highest BCUT2D eigenvalue weighted by molar-refractivity contribution is 6.28. The van der Waals surface area contributed by atoms with Crippen molar-refractivity contribution >= 4 is 28.5 Å². The zero-order valence-corrected chi connectivity index (χ0v) is 12.2. The fourth-order valence-corrected chi connectivity index (χ4v) is 2.34. The molecule has 3 rings (SSSR count). The van der Waals surface area contributed by atoms with Gasteiger partial charge in [-0.25, -0.2) is 0 Å². The van der Waals surface area contributed by atoms with Crippen LogP contribution in [0, 0.1) is 0 Å². The Balaban J connectivity index is 1.73. The second-order valence-corrected chi connectivity index (χ2v) is 4.80. The van der Waals surface area contributed by atoms with Crippen LogP contribution in [-0.4, -0.2) is 33.8 Å². The number of ether oxygens (including phenoxy) is 1. The Kier molecular flexibility index (Phi) is 3.87. The summed E-state index contributed by atoms with van der Waals surface area (Å²) in [5, 5.41) is 11.0. The molecule has 0 radical (unpaired) electrons. The Labute approximate surface area is 126 Å². The van der Waals surface area contributed by atoms with Gasteiger partial charge in [0.1, 0.15) is 11.6 Å². The van der Waals surface area contributed by atoms with Gasteiger partial charge in [-0.3, -0.25) is 5.10 Å². The van der Waals surface area contributed by atoms with Gasteiger partial charge in [-0.2, -0.15) is 15.1 Å². The fourth-order valence-electron chi connectivity index (χ4n) is 2.17. The minimum atomic E-state index is 0.187. The zero-order chi connectivity index (χ0) is 14.7. The third kappa shape index (κ3) is 2.90. The quantitative estimate of drug-likeness (QED) is 0.709. The van der Waals surface area contributed by atoms with E-state index in [-0.39, 0.29) is 5.28 Å². The maximum Gasteiger partial charge on any atom is 0.226 e. The molecule has 0 saturated carbocycles. The first-order valence-corrected chi connectivity index (χ1v) is 6.88. The summed E-state index contributed by atoms with van der Waals surface area (Å²) in [6, 6.07) is 7.94. The molecule has 0 saturated heterocycles. The first-order valence-electron chi connectivity index (χ1n) is 6.50. The Morgan fingerprint density at radius 1 is 1.29 bits per heavy atom. The number of halogens is 1. The van der Waals surface area contributed by atoms with Crippen LogP contribution < -0.4 is 10.1 Å². The van der Waals surface area contributed by atoms with Crippen LogP contribution in [0.4, 0.5) is 5.82 Å². The molecule has 0 unspecified atom stereocenters. The third-order valence-corrected chi connectivity index (χ3v) is 3.33. The third-order valence-electron chi connectivity index (χ3n) is 3.16. The predicted octanol–water partition coefficient (Wildman–Crippen LogP) is 2.67. The van der Waals surface area contributed by atoms with E-state index < -0.39 is 0 Å². The highest BCUT2D eigenvalue weighted by atomic mass is 35.5. The van der Waals surface area contributed by atoms with Crippen molar-refractivity contribution in [2.24, 2.45) is 0 Å². The molecule has 108 valence electrons. The second-order valence-electron chi connectivity index (χ2n) is 4.46. The lowest BCUT2D eigenvalue weighted by Crippen LogP contribution is -2.08. The summed E-state index contributed by atoms with van der Waals surface area (Å²) in [5.74, 6) is 1.56. The van der Waals surface area contributed by atoms with Gasteiger partial charge in [-0.1, -0.05) is 18.2 Å². The molecule has 0 amide bonds. The van der Waals surface area contributed by atoms with E-state index in [0.29, 0.717) is 18.0 Å². The molecule has 0 spiro atoms. The number of anilines is 1. The van der Waals surface area contributed by atoms with Crippen LogP contribution in [0.1, 0.15) is 5.56 Å². The SMILES string of the molecule is COc1ccccc1CCNc1nc(Cl)nc2[nH]ncc12. The Morgan fingerprint density at radius 3 is 3.00 bits per heavy atom. The van der Waals surface area contributed by atoms with Gasteiger partial charge in [0.2, 0.25) is 5.28 Å². The van der Waals surface area contributed by atoms with Crippen LogP contribution in [0.2, 0.25) is 5.28 Å². The smallest absolute Gasteiger partial charge is 0.226 e. The van der Waals surface area contributed by atoms with Gasteiger partial charge in [0.25, 0.3) is 0 Å². The summed E-state index contributed by atoms with van der Waals surface area (Å²) >= 11 is 5.89. The predicted molar refractivity (Wildman–Crippen MR) is 81.9 cm³/mol. The molecular weight excluding hydrogens is 290 g/mol. The lowest BCUT2D eigenvalue weighted by atomic mass is 10.1. The lowest BCUT2D eigenvalue weighted by Gasteiger charge is -2.09. The standard InChI is InChI=1S/C14H14ClN5O/c1-21-11-5-3-2-4-9(11)6-7-16-12-10-8-17-20-13(10)19-14(15)18-12/h2-5,8H,6-7H2,1H3,(H2,16,17,18,19,20). The van der Waals surface area contributed by atoms with E-state index in [0.717, 1.165) is 23.1 Å². The first kappa shape index (κ1) is 13.6. The number of hydrogen-bond donors (Lipinski definition) is 2. The Morgan fingerprint density at radius 2 is 2.14 bits per heavy atom. The van der Waals surface area contributed by atoms with Gasteiger partial charge in [0, 0.05) is 6.54 Å². The van der Waals surface area contributed by atoms with Crippen LogP contribution >= 0.6 is 11.6 Å². The van der Waals surface area contributed by atoms with Gasteiger partial charge in [-0.05, 0) is 29.7 Å². The first-order chi connectivity index (χ1) is 10.3. The highest BCUT2D eigenvalue weighted by Crippen LogP contribution is 2.21. The summed E-state index contributed by atoms with van der Waals surface area (Å²) in [6.45, 7) is 0.702. The molecule has 0 aliphatic rings. The average Bonchev–Trinajstić information content (AvgIpc) is 2.96. The van der Waals surface area contributed by atoms with Gasteiger partial charge in [0.05, 0.1) is 18.7 Å². The number of fused-ring (bicyclic) bond motifs is 1. The number of aromatic amines is 1. The number of aromatic nitrogens is 4. The normalized spacial score (nSPS) is 10.8. The number of hydrogen-bond acceptors (Lipinski definition) is 5. The molecule has 0 aliphatic carbocycles. The van der Waals surface area contributed by atoms with Crippen molar-refractivity contribution in [3.63, 3.8) is 0 Å². The molecule has 0 bridgehead atoms. The molecule has 2 N–H and O–H groups in total. The van der Waals surface area contributed by atoms with Crippen molar-refractivity contribution < 1.29 is 4.74 Å². The largest absolute Gasteiger partial charge is 0.496 e. The van der Waals surface area contributed by atoms with E-state index in [1.54, 1.807) is 13.3 Å². The Hall–Kier alpha value is -2.34. The van der Waals surface area contributed by atoms with Crippen molar-refractivity contribution in [1.82, 2.24) is 20.2 Å². The molecule has 0 aliphatic heterocycles. The lowest BCUT2D eigenvalue weighted by molar-refractivity contribution is 0.410. The summed E-state index contributed by atoms with van der Waals surface area (Å²) in [4.78, 5) is 8.27. The number of nitrogens with one attached hydrogen (secondary N) is 2. The van der Waals surface area contributed by atoms with Crippen molar-refractivity contribution in [2.75, 3.05) is 19.0 Å². The van der Waals surface area contributed by atoms with Crippen LogP contribution in [0.25, 0.3) is 11.0 Å². The molecule has 2 heterocycles. The maximum atomic E-state index is 5.89. The van der Waals surface area contributed by atoms with Crippen molar-refractivity contribution in [1.29, 1.82) is 0 Å². The van der Waals surface area contributed by atoms with Crippen molar-refractivity contribution in [3.05, 3.63) is 41.3 Å². The van der Waals surface area contributed by atoms with E-state index in [1.165, 1.54) is 0 Å². The number of benzene rings is 1. The molecule has 0 fully saturated rings. The number of nitrogens with zero attached hydrogens (tertiary/aromatic N) is 3. The van der Waals surface area contributed by atoms with Crippen LogP contribution in [0.5, 0.6) is 5.75 Å². The number of rotatable bonds is 5. The maximum absolute atomic E-state index is 5.89. The molecular formula is C14H14ClN5O. The molecule has 6 nitrogen and oxygen atoms in total. The Bertz CT molecular complexity index is 758. The van der Waals surface area contributed by atoms with Crippen molar-refractivity contribution in [3.8, 4) is 5.75 Å². The van der Waals surface area contributed by atoms with E-state index in [9.17, 15) is 0 Å². The minimum absolute atomic E-state index is 0.187. The second kappa shape index (κ2) is 5.97. The minimum Gasteiger partial charge on any atom is -0.496 e. The number of methoxy groups -OCH3 is 1. The zero-order valence-electron chi connectivity index (χ0n) is 11.4. The van der Waals surface area contributed by atoms with E-state index >= 15 is 0 Å². The average molecular weight is 304 g/mol. The number of para-hydroxylation sites is 1. The van der Waals surface area contributed by atoms with Gasteiger partial charge < -0.3 is 10.1 Å². The van der Waals surface area contributed by atoms with E-state index in [1.807, 2.05) is 24.3 Å². The molecule has 7 heteroatoms. The van der Waals surface area contributed by atoms with E-state index in [2.05, 4.69) is 25.5 Å². The fraction of sp³-hybridized carbons (Fsp3) is 0.214. The topological polar surface area (TPSA) is 75.7 Å². The summed E-state index contributed by atoms with van der Waals surface area (Å²) in [7, 11) is 1.67. The summed E-state index contributed by atoms with van der Waals surface area (Å²) in [6.07, 6.45) is 2.49. The molecule has 3 aromatic rings. The number of H-pyrrole nitrogens is 1. The van der Waals surface area contributed by atoms with E-state index in [4.69, 9.17) is 16.3 Å². The van der Waals surface area contributed by atoms with Gasteiger partial charge >= 0.3 is 0 Å². The molecule has 0 atom stereocenters. The monoisotopic (exact) mass is 303 g/mol. The van der Waals surface area contributed by atoms with Crippen molar-refractivity contribution in [2.45, 2.75) is 6.42 Å². The molecule has 2 aromatic heterocycles. The summed E-state index contributed by atoms with van der Waals surface area (Å²) in [5.41, 5.74) is 1.76. The highest BCUT2D eigenvalue weighted by Gasteiger charge is 2.08. The van der Waals surface area contributed by atoms with Crippen LogP contribution in [-0.2, 0) is 6.42 Å². The van der Waals surface area contributed by atoms with Gasteiger partial charge in [-0.15, -0.1) is 0 Å².